The van der Waals surface area contributed by atoms with E-state index in [2.05, 4.69) is 14.7 Å². The summed E-state index contributed by atoms with van der Waals surface area (Å²) in [6, 6.07) is 6.85. The average molecular weight is 316 g/mol. The molecule has 1 aromatic carbocycles. The molecule has 0 aliphatic rings. The number of esters is 2. The monoisotopic (exact) mass is 316 g/mol. The summed E-state index contributed by atoms with van der Waals surface area (Å²) >= 11 is 0. The Balaban J connectivity index is 2.12. The molecular weight excluding hydrogens is 300 g/mol. The van der Waals surface area contributed by atoms with Crippen molar-refractivity contribution in [3.05, 3.63) is 52.6 Å². The smallest absolute Gasteiger partial charge is 0.331 e. The molecule has 0 saturated heterocycles. The number of fused-ring (bicyclic) bond motifs is 1. The number of hydrogen-bond donors (Lipinski definition) is 1. The molecule has 0 spiro atoms. The van der Waals surface area contributed by atoms with Crippen molar-refractivity contribution >= 4 is 22.8 Å². The van der Waals surface area contributed by atoms with Gasteiger partial charge >= 0.3 is 11.9 Å². The normalized spacial score (nSPS) is 12.3. The minimum absolute atomic E-state index is 0.219. The van der Waals surface area contributed by atoms with Gasteiger partial charge in [-0.25, -0.2) is 14.6 Å². The molecule has 2 rings (SSSR count). The zero-order chi connectivity index (χ0) is 16.8. The third-order valence-electron chi connectivity index (χ3n) is 2.95. The van der Waals surface area contributed by atoms with E-state index in [1.807, 2.05) is 0 Å². The number of H-pyrrole nitrogens is 1. The molecule has 0 aliphatic carbocycles. The lowest BCUT2D eigenvalue weighted by molar-refractivity contribution is -0.144. The van der Waals surface area contributed by atoms with Gasteiger partial charge in [0.2, 0.25) is 0 Å². The molecule has 1 N–H and O–H groups in total. The van der Waals surface area contributed by atoms with Crippen LogP contribution in [0.4, 0.5) is 0 Å². The average Bonchev–Trinajstić information content (AvgIpc) is 2.53. The van der Waals surface area contributed by atoms with Crippen molar-refractivity contribution in [1.29, 1.82) is 0 Å². The number of para-hydroxylation sites is 1. The number of hydrogen-bond acceptors (Lipinski definition) is 6. The van der Waals surface area contributed by atoms with Crippen LogP contribution < -0.4 is 5.56 Å². The van der Waals surface area contributed by atoms with Crippen molar-refractivity contribution in [3.8, 4) is 0 Å². The number of nitrogens with zero attached hydrogens (tertiary/aromatic N) is 1. The van der Waals surface area contributed by atoms with Crippen molar-refractivity contribution in [2.45, 2.75) is 20.0 Å². The molecule has 0 amide bonds. The lowest BCUT2D eigenvalue weighted by Crippen LogP contribution is -2.16. The fourth-order valence-electron chi connectivity index (χ4n) is 1.89. The Morgan fingerprint density at radius 3 is 2.70 bits per heavy atom. The maximum Gasteiger partial charge on any atom is 0.331 e. The van der Waals surface area contributed by atoms with Crippen molar-refractivity contribution in [3.63, 3.8) is 0 Å². The summed E-state index contributed by atoms with van der Waals surface area (Å²) < 4.78 is 9.76. The van der Waals surface area contributed by atoms with E-state index in [4.69, 9.17) is 4.74 Å². The highest BCUT2D eigenvalue weighted by molar-refractivity contribution is 5.91. The fourth-order valence-corrected chi connectivity index (χ4v) is 1.89. The summed E-state index contributed by atoms with van der Waals surface area (Å²) in [7, 11) is 0. The maximum atomic E-state index is 12.0. The van der Waals surface area contributed by atoms with Crippen molar-refractivity contribution in [2.24, 2.45) is 0 Å². The Bertz CT molecular complexity index is 809. The highest BCUT2D eigenvalue weighted by atomic mass is 16.5. The van der Waals surface area contributed by atoms with Gasteiger partial charge in [-0.2, -0.15) is 0 Å². The van der Waals surface area contributed by atoms with Crippen LogP contribution in [0.25, 0.3) is 10.9 Å². The molecule has 0 bridgehead atoms. The second kappa shape index (κ2) is 7.35. The van der Waals surface area contributed by atoms with Crippen LogP contribution in [0.2, 0.25) is 0 Å². The van der Waals surface area contributed by atoms with Gasteiger partial charge in [-0.3, -0.25) is 4.79 Å². The lowest BCUT2D eigenvalue weighted by atomic mass is 10.2. The van der Waals surface area contributed by atoms with Crippen LogP contribution in [0.15, 0.2) is 41.2 Å². The van der Waals surface area contributed by atoms with Crippen LogP contribution in [0.5, 0.6) is 0 Å². The lowest BCUT2D eigenvalue weighted by Gasteiger charge is -2.11. The van der Waals surface area contributed by atoms with Gasteiger partial charge in [-0.15, -0.1) is 0 Å². The van der Waals surface area contributed by atoms with Gasteiger partial charge in [0.15, 0.2) is 11.9 Å². The number of carbonyl (C=O) groups excluding carboxylic acids is 2. The minimum Gasteiger partial charge on any atom is -0.463 e. The molecule has 120 valence electrons. The molecule has 0 unspecified atom stereocenters. The standard InChI is InChI=1S/C16H16N2O5/c1-3-22-13(19)8-9-14(20)23-10(2)15-17-12-7-5-4-6-11(12)16(21)18-15/h4-10H,3H2,1-2H3,(H,17,18,21)/b9-8+/t10-/m1/s1. The first-order valence-corrected chi connectivity index (χ1v) is 7.05. The Labute approximate surface area is 131 Å². The van der Waals surface area contributed by atoms with E-state index in [-0.39, 0.29) is 18.0 Å². The van der Waals surface area contributed by atoms with E-state index < -0.39 is 18.0 Å². The fraction of sp³-hybridized carbons (Fsp3) is 0.250. The van der Waals surface area contributed by atoms with Crippen LogP contribution in [-0.2, 0) is 19.1 Å². The van der Waals surface area contributed by atoms with E-state index in [0.29, 0.717) is 10.9 Å². The molecule has 23 heavy (non-hydrogen) atoms. The molecular formula is C16H16N2O5. The molecule has 1 aromatic heterocycles. The van der Waals surface area contributed by atoms with Crippen LogP contribution in [-0.4, -0.2) is 28.5 Å². The van der Waals surface area contributed by atoms with Crippen LogP contribution in [0.1, 0.15) is 25.8 Å². The minimum atomic E-state index is -0.772. The summed E-state index contributed by atoms with van der Waals surface area (Å²) in [5, 5.41) is 0.456. The zero-order valence-corrected chi connectivity index (χ0v) is 12.7. The van der Waals surface area contributed by atoms with Gasteiger partial charge in [0.25, 0.3) is 5.56 Å². The summed E-state index contributed by atoms with van der Waals surface area (Å²) in [6.45, 7) is 3.45. The van der Waals surface area contributed by atoms with Crippen molar-refractivity contribution < 1.29 is 19.1 Å². The summed E-state index contributed by atoms with van der Waals surface area (Å²) in [6.07, 6.45) is 1.18. The van der Waals surface area contributed by atoms with Crippen LogP contribution >= 0.6 is 0 Å². The summed E-state index contributed by atoms with van der Waals surface area (Å²) in [5.41, 5.74) is 0.201. The Morgan fingerprint density at radius 1 is 1.26 bits per heavy atom. The quantitative estimate of drug-likeness (QED) is 0.665. The van der Waals surface area contributed by atoms with E-state index >= 15 is 0 Å². The number of aromatic amines is 1. The van der Waals surface area contributed by atoms with E-state index in [0.717, 1.165) is 12.2 Å². The Hall–Kier alpha value is -2.96. The highest BCUT2D eigenvalue weighted by Crippen LogP contribution is 2.14. The number of rotatable bonds is 5. The van der Waals surface area contributed by atoms with E-state index in [1.54, 1.807) is 38.1 Å². The van der Waals surface area contributed by atoms with Gasteiger partial charge in [0.1, 0.15) is 0 Å². The number of aromatic nitrogens is 2. The van der Waals surface area contributed by atoms with Gasteiger partial charge in [0, 0.05) is 12.2 Å². The van der Waals surface area contributed by atoms with Crippen molar-refractivity contribution in [1.82, 2.24) is 9.97 Å². The SMILES string of the molecule is CCOC(=O)/C=C/C(=O)O[C@H](C)c1nc2ccccc2c(=O)[nH]1. The first-order valence-electron chi connectivity index (χ1n) is 7.05. The first kappa shape index (κ1) is 16.4. The molecule has 0 aliphatic heterocycles. The first-order chi connectivity index (χ1) is 11.0. The molecule has 0 radical (unpaired) electrons. The van der Waals surface area contributed by atoms with Gasteiger partial charge in [-0.1, -0.05) is 12.1 Å². The van der Waals surface area contributed by atoms with Crippen molar-refractivity contribution in [2.75, 3.05) is 6.61 Å². The van der Waals surface area contributed by atoms with E-state index in [9.17, 15) is 14.4 Å². The van der Waals surface area contributed by atoms with E-state index in [1.165, 1.54) is 0 Å². The topological polar surface area (TPSA) is 98.3 Å². The van der Waals surface area contributed by atoms with Crippen LogP contribution in [0.3, 0.4) is 0 Å². The number of benzene rings is 1. The Morgan fingerprint density at radius 2 is 1.96 bits per heavy atom. The third kappa shape index (κ3) is 4.26. The summed E-state index contributed by atoms with van der Waals surface area (Å²) in [4.78, 5) is 41.6. The molecule has 7 heteroatoms. The van der Waals surface area contributed by atoms with Crippen LogP contribution in [0, 0.1) is 0 Å². The second-order valence-electron chi connectivity index (χ2n) is 4.63. The molecule has 1 atom stereocenters. The highest BCUT2D eigenvalue weighted by Gasteiger charge is 2.14. The number of carbonyl (C=O) groups is 2. The molecule has 0 fully saturated rings. The second-order valence-corrected chi connectivity index (χ2v) is 4.63. The third-order valence-corrected chi connectivity index (χ3v) is 2.95. The zero-order valence-electron chi connectivity index (χ0n) is 12.7. The Kier molecular flexibility index (Phi) is 5.24. The molecule has 0 saturated carbocycles. The van der Waals surface area contributed by atoms with Gasteiger partial charge in [0.05, 0.1) is 17.5 Å². The number of ether oxygens (including phenoxy) is 2. The predicted octanol–water partition coefficient (Wildman–Crippen LogP) is 1.65. The van der Waals surface area contributed by atoms with Gasteiger partial charge < -0.3 is 14.5 Å². The molecule has 1 heterocycles. The molecule has 2 aromatic rings. The molecule has 7 nitrogen and oxygen atoms in total. The summed E-state index contributed by atoms with van der Waals surface area (Å²) in [5.74, 6) is -1.14. The van der Waals surface area contributed by atoms with Gasteiger partial charge in [-0.05, 0) is 26.0 Å². The predicted molar refractivity (Wildman–Crippen MR) is 82.6 cm³/mol. The largest absolute Gasteiger partial charge is 0.463 e. The number of nitrogens with one attached hydrogen (secondary N) is 1. The maximum absolute atomic E-state index is 12.0.